The molecule has 1 heterocycles. The van der Waals surface area contributed by atoms with Crippen LogP contribution in [0, 0.1) is 0 Å². The highest BCUT2D eigenvalue weighted by Gasteiger charge is 2.29. The van der Waals surface area contributed by atoms with Crippen LogP contribution in [0.3, 0.4) is 0 Å². The van der Waals surface area contributed by atoms with E-state index < -0.39 is 12.0 Å². The first-order chi connectivity index (χ1) is 9.56. The molecule has 0 aliphatic carbocycles. The van der Waals surface area contributed by atoms with Gasteiger partial charge in [0.15, 0.2) is 0 Å². The quantitative estimate of drug-likeness (QED) is 0.881. The summed E-state index contributed by atoms with van der Waals surface area (Å²) in [6, 6.07) is 7.60. The molecule has 0 aromatic heterocycles. The van der Waals surface area contributed by atoms with E-state index in [0.29, 0.717) is 19.6 Å². The van der Waals surface area contributed by atoms with Gasteiger partial charge in [0.2, 0.25) is 5.91 Å². The Morgan fingerprint density at radius 1 is 1.35 bits per heavy atom. The Morgan fingerprint density at radius 2 is 2.05 bits per heavy atom. The largest absolute Gasteiger partial charge is 0.368 e. The molecule has 0 unspecified atom stereocenters. The number of amides is 2. The van der Waals surface area contributed by atoms with Gasteiger partial charge in [-0.25, -0.2) is 0 Å². The van der Waals surface area contributed by atoms with Crippen LogP contribution in [0.25, 0.3) is 0 Å². The summed E-state index contributed by atoms with van der Waals surface area (Å²) in [6.07, 6.45) is 1.14. The predicted octanol–water partition coefficient (Wildman–Crippen LogP) is 1.44. The highest BCUT2D eigenvalue weighted by atomic mass is 79.9. The molecule has 1 aromatic rings. The summed E-state index contributed by atoms with van der Waals surface area (Å²) in [5.74, 6) is -0.683. The Labute approximate surface area is 126 Å². The molecule has 5 nitrogen and oxygen atoms in total. The van der Waals surface area contributed by atoms with Crippen LogP contribution in [0.15, 0.2) is 28.7 Å². The van der Waals surface area contributed by atoms with E-state index in [-0.39, 0.29) is 12.5 Å². The van der Waals surface area contributed by atoms with E-state index in [1.807, 2.05) is 24.3 Å². The van der Waals surface area contributed by atoms with Crippen LogP contribution < -0.4 is 5.73 Å². The van der Waals surface area contributed by atoms with Gasteiger partial charge in [0.1, 0.15) is 6.10 Å². The lowest BCUT2D eigenvalue weighted by atomic mass is 10.1. The Morgan fingerprint density at radius 3 is 2.60 bits per heavy atom. The first kappa shape index (κ1) is 15.0. The molecule has 1 atom stereocenters. The zero-order chi connectivity index (χ0) is 14.5. The number of hydrogen-bond donors (Lipinski definition) is 1. The molecule has 1 aromatic carbocycles. The summed E-state index contributed by atoms with van der Waals surface area (Å²) in [7, 11) is 0. The van der Waals surface area contributed by atoms with Crippen LogP contribution in [0.4, 0.5) is 0 Å². The highest BCUT2D eigenvalue weighted by molar-refractivity contribution is 9.10. The third-order valence-corrected chi connectivity index (χ3v) is 3.68. The summed E-state index contributed by atoms with van der Waals surface area (Å²) in [5, 5.41) is 0. The smallest absolute Gasteiger partial charge is 0.252 e. The molecule has 2 rings (SSSR count). The number of halogens is 1. The van der Waals surface area contributed by atoms with E-state index in [0.717, 1.165) is 16.5 Å². The third-order valence-electron chi connectivity index (χ3n) is 3.15. The zero-order valence-corrected chi connectivity index (χ0v) is 12.6. The van der Waals surface area contributed by atoms with Crippen molar-refractivity contribution in [2.24, 2.45) is 5.73 Å². The molecule has 20 heavy (non-hydrogen) atoms. The monoisotopic (exact) mass is 340 g/mol. The van der Waals surface area contributed by atoms with Gasteiger partial charge in [-0.3, -0.25) is 9.59 Å². The molecule has 2 amide bonds. The fraction of sp³-hybridized carbons (Fsp3) is 0.429. The zero-order valence-electron chi connectivity index (χ0n) is 11.0. The second kappa shape index (κ2) is 6.85. The SMILES string of the molecule is NC(=O)CN(Cc1ccc(Br)cc1)C(=O)[C@H]1CCCO1. The summed E-state index contributed by atoms with van der Waals surface area (Å²) in [6.45, 7) is 0.864. The van der Waals surface area contributed by atoms with Gasteiger partial charge >= 0.3 is 0 Å². The van der Waals surface area contributed by atoms with E-state index in [2.05, 4.69) is 15.9 Å². The highest BCUT2D eigenvalue weighted by Crippen LogP contribution is 2.17. The molecule has 2 N–H and O–H groups in total. The van der Waals surface area contributed by atoms with Gasteiger partial charge in [0.05, 0.1) is 6.54 Å². The molecule has 0 bridgehead atoms. The van der Waals surface area contributed by atoms with Crippen molar-refractivity contribution in [3.8, 4) is 0 Å². The van der Waals surface area contributed by atoms with Gasteiger partial charge in [-0.2, -0.15) is 0 Å². The molecular weight excluding hydrogens is 324 g/mol. The Hall–Kier alpha value is -1.40. The first-order valence-corrected chi connectivity index (χ1v) is 7.28. The van der Waals surface area contributed by atoms with Gasteiger partial charge in [-0.1, -0.05) is 28.1 Å². The topological polar surface area (TPSA) is 72.6 Å². The van der Waals surface area contributed by atoms with E-state index in [9.17, 15) is 9.59 Å². The minimum Gasteiger partial charge on any atom is -0.368 e. The third kappa shape index (κ3) is 4.05. The van der Waals surface area contributed by atoms with Gasteiger partial charge in [0, 0.05) is 17.6 Å². The number of ether oxygens (including phenoxy) is 1. The summed E-state index contributed by atoms with van der Waals surface area (Å²) < 4.78 is 6.35. The molecular formula is C14H17BrN2O3. The number of primary amides is 1. The van der Waals surface area contributed by atoms with Gasteiger partial charge < -0.3 is 15.4 Å². The maximum atomic E-state index is 12.3. The fourth-order valence-electron chi connectivity index (χ4n) is 2.19. The van der Waals surface area contributed by atoms with Crippen molar-refractivity contribution in [2.75, 3.05) is 13.2 Å². The molecule has 1 aliphatic rings. The maximum Gasteiger partial charge on any atom is 0.252 e. The minimum absolute atomic E-state index is 0.0885. The minimum atomic E-state index is -0.520. The fourth-order valence-corrected chi connectivity index (χ4v) is 2.45. The maximum absolute atomic E-state index is 12.3. The summed E-state index contributed by atoms with van der Waals surface area (Å²) in [4.78, 5) is 24.9. The van der Waals surface area contributed by atoms with Crippen LogP contribution >= 0.6 is 15.9 Å². The molecule has 6 heteroatoms. The number of rotatable bonds is 5. The Balaban J connectivity index is 2.08. The van der Waals surface area contributed by atoms with Crippen LogP contribution in [0.2, 0.25) is 0 Å². The average molecular weight is 341 g/mol. The number of carbonyl (C=O) groups excluding carboxylic acids is 2. The van der Waals surface area contributed by atoms with E-state index in [1.165, 1.54) is 4.90 Å². The van der Waals surface area contributed by atoms with Crippen molar-refractivity contribution in [1.82, 2.24) is 4.90 Å². The lowest BCUT2D eigenvalue weighted by Gasteiger charge is -2.24. The number of nitrogens with two attached hydrogens (primary N) is 1. The standard InChI is InChI=1S/C14H17BrN2O3/c15-11-5-3-10(4-6-11)8-17(9-13(16)18)14(19)12-2-1-7-20-12/h3-6,12H,1-2,7-9H2,(H2,16,18)/t12-/m1/s1. The Bertz CT molecular complexity index is 484. The Kier molecular flexibility index (Phi) is 5.14. The number of hydrogen-bond acceptors (Lipinski definition) is 3. The van der Waals surface area contributed by atoms with Crippen molar-refractivity contribution in [3.05, 3.63) is 34.3 Å². The molecule has 0 radical (unpaired) electrons. The van der Waals surface area contributed by atoms with Crippen LogP contribution in [-0.2, 0) is 20.9 Å². The second-order valence-corrected chi connectivity index (χ2v) is 5.70. The summed E-state index contributed by atoms with van der Waals surface area (Å²) in [5.41, 5.74) is 6.17. The normalized spacial score (nSPS) is 17.9. The first-order valence-electron chi connectivity index (χ1n) is 6.49. The molecule has 1 saturated heterocycles. The number of benzene rings is 1. The van der Waals surface area contributed by atoms with Crippen molar-refractivity contribution >= 4 is 27.7 Å². The van der Waals surface area contributed by atoms with Crippen molar-refractivity contribution < 1.29 is 14.3 Å². The van der Waals surface area contributed by atoms with Crippen molar-refractivity contribution in [2.45, 2.75) is 25.5 Å². The van der Waals surface area contributed by atoms with Crippen LogP contribution in [0.5, 0.6) is 0 Å². The molecule has 108 valence electrons. The lowest BCUT2D eigenvalue weighted by Crippen LogP contribution is -2.43. The average Bonchev–Trinajstić information content (AvgIpc) is 2.93. The van der Waals surface area contributed by atoms with E-state index in [4.69, 9.17) is 10.5 Å². The number of nitrogens with zero attached hydrogens (tertiary/aromatic N) is 1. The molecule has 0 saturated carbocycles. The van der Waals surface area contributed by atoms with Crippen LogP contribution in [-0.4, -0.2) is 36.0 Å². The van der Waals surface area contributed by atoms with Gasteiger partial charge in [0.25, 0.3) is 5.91 Å². The number of carbonyl (C=O) groups is 2. The van der Waals surface area contributed by atoms with E-state index in [1.54, 1.807) is 0 Å². The van der Waals surface area contributed by atoms with Gasteiger partial charge in [-0.05, 0) is 30.5 Å². The van der Waals surface area contributed by atoms with Crippen molar-refractivity contribution in [1.29, 1.82) is 0 Å². The predicted molar refractivity (Wildman–Crippen MR) is 77.7 cm³/mol. The molecule has 1 aliphatic heterocycles. The summed E-state index contributed by atoms with van der Waals surface area (Å²) >= 11 is 3.36. The van der Waals surface area contributed by atoms with Crippen LogP contribution in [0.1, 0.15) is 18.4 Å². The lowest BCUT2D eigenvalue weighted by molar-refractivity contribution is -0.144. The molecule has 1 fully saturated rings. The molecule has 0 spiro atoms. The van der Waals surface area contributed by atoms with Crippen molar-refractivity contribution in [3.63, 3.8) is 0 Å². The van der Waals surface area contributed by atoms with E-state index >= 15 is 0 Å². The second-order valence-electron chi connectivity index (χ2n) is 4.79. The van der Waals surface area contributed by atoms with Gasteiger partial charge in [-0.15, -0.1) is 0 Å².